The van der Waals surface area contributed by atoms with E-state index in [0.717, 1.165) is 25.1 Å². The summed E-state index contributed by atoms with van der Waals surface area (Å²) in [4.78, 5) is 3.78. The van der Waals surface area contributed by atoms with Crippen LogP contribution >= 0.6 is 11.6 Å². The average Bonchev–Trinajstić information content (AvgIpc) is 2.28. The fraction of sp³-hybridized carbons (Fsp3) is 0.417. The van der Waals surface area contributed by atoms with Crippen molar-refractivity contribution in [1.82, 2.24) is 4.98 Å². The van der Waals surface area contributed by atoms with Gasteiger partial charge in [-0.25, -0.2) is 0 Å². The summed E-state index contributed by atoms with van der Waals surface area (Å²) in [5.41, 5.74) is 0.173. The Kier molecular flexibility index (Phi) is 3.43. The van der Waals surface area contributed by atoms with Gasteiger partial charge in [0.1, 0.15) is 0 Å². The third-order valence-electron chi connectivity index (χ3n) is 2.78. The molecule has 1 aromatic rings. The minimum absolute atomic E-state index is 0.158. The van der Waals surface area contributed by atoms with Crippen molar-refractivity contribution in [2.75, 3.05) is 0 Å². The Balaban J connectivity index is 2.45. The van der Waals surface area contributed by atoms with E-state index in [-0.39, 0.29) is 10.9 Å². The molecular weight excluding hydrogens is 251 g/mol. The lowest BCUT2D eigenvalue weighted by Crippen LogP contribution is -2.11. The maximum atomic E-state index is 12.8. The lowest BCUT2D eigenvalue weighted by Gasteiger charge is -2.19. The number of rotatable bonds is 1. The van der Waals surface area contributed by atoms with Gasteiger partial charge in [-0.1, -0.05) is 6.08 Å². The number of hydrogen-bond acceptors (Lipinski definition) is 1. The Labute approximate surface area is 102 Å². The van der Waals surface area contributed by atoms with E-state index in [9.17, 15) is 13.2 Å². The predicted molar refractivity (Wildman–Crippen MR) is 60.7 cm³/mol. The summed E-state index contributed by atoms with van der Waals surface area (Å²) < 4.78 is 38.4. The van der Waals surface area contributed by atoms with E-state index in [1.807, 2.05) is 0 Å². The molecule has 0 fully saturated rings. The lowest BCUT2D eigenvalue weighted by atomic mass is 9.91. The highest BCUT2D eigenvalue weighted by molar-refractivity contribution is 6.22. The average molecular weight is 262 g/mol. The van der Waals surface area contributed by atoms with Crippen LogP contribution in [0.25, 0.3) is 5.57 Å². The third-order valence-corrected chi connectivity index (χ3v) is 3.12. The van der Waals surface area contributed by atoms with Crippen LogP contribution in [-0.4, -0.2) is 10.4 Å². The monoisotopic (exact) mass is 261 g/mol. The van der Waals surface area contributed by atoms with Crippen molar-refractivity contribution < 1.29 is 13.2 Å². The van der Waals surface area contributed by atoms with Crippen LogP contribution in [0.4, 0.5) is 13.2 Å². The first-order valence-corrected chi connectivity index (χ1v) is 5.78. The fourth-order valence-corrected chi connectivity index (χ4v) is 2.30. The van der Waals surface area contributed by atoms with Gasteiger partial charge in [-0.15, -0.1) is 11.6 Å². The van der Waals surface area contributed by atoms with Crippen LogP contribution < -0.4 is 0 Å². The van der Waals surface area contributed by atoms with E-state index in [2.05, 4.69) is 4.98 Å². The van der Waals surface area contributed by atoms with Gasteiger partial charge in [-0.3, -0.25) is 4.98 Å². The van der Waals surface area contributed by atoms with E-state index in [4.69, 9.17) is 11.6 Å². The van der Waals surface area contributed by atoms with Gasteiger partial charge in [0.05, 0.1) is 10.9 Å². The first kappa shape index (κ1) is 12.4. The second kappa shape index (κ2) is 4.69. The number of aromatic nitrogens is 1. The molecule has 92 valence electrons. The molecule has 1 aliphatic rings. The molecule has 0 saturated heterocycles. The number of allylic oxidation sites excluding steroid dienone is 2. The van der Waals surface area contributed by atoms with Gasteiger partial charge in [0, 0.05) is 18.0 Å². The zero-order valence-electron chi connectivity index (χ0n) is 8.97. The van der Waals surface area contributed by atoms with Crippen molar-refractivity contribution in [3.8, 4) is 0 Å². The van der Waals surface area contributed by atoms with Gasteiger partial charge in [0.25, 0.3) is 0 Å². The molecule has 0 amide bonds. The molecule has 5 heteroatoms. The molecule has 0 saturated carbocycles. The molecule has 1 aromatic heterocycles. The Morgan fingerprint density at radius 2 is 2.12 bits per heavy atom. The molecule has 1 heterocycles. The molecule has 1 nitrogen and oxygen atoms in total. The van der Waals surface area contributed by atoms with Crippen molar-refractivity contribution in [3.63, 3.8) is 0 Å². The third kappa shape index (κ3) is 2.80. The van der Waals surface area contributed by atoms with Crippen molar-refractivity contribution >= 4 is 17.2 Å². The van der Waals surface area contributed by atoms with Crippen LogP contribution in [0.5, 0.6) is 0 Å². The van der Waals surface area contributed by atoms with E-state index in [0.29, 0.717) is 12.0 Å². The molecule has 0 N–H and O–H groups in total. The standard InChI is InChI=1S/C12H11ClF3N/c13-9-3-1-2-8(6-9)10-7-17-5-4-11(10)12(14,15)16/h4-7,9H,1-3H2. The van der Waals surface area contributed by atoms with Gasteiger partial charge < -0.3 is 0 Å². The summed E-state index contributed by atoms with van der Waals surface area (Å²) in [5.74, 6) is 0. The molecule has 2 rings (SSSR count). The topological polar surface area (TPSA) is 12.9 Å². The van der Waals surface area contributed by atoms with Crippen molar-refractivity contribution in [2.24, 2.45) is 0 Å². The maximum absolute atomic E-state index is 12.8. The number of pyridine rings is 1. The summed E-state index contributed by atoms with van der Waals surface area (Å²) in [6, 6.07) is 1.01. The molecule has 1 unspecified atom stereocenters. The normalized spacial score (nSPS) is 21.2. The minimum Gasteiger partial charge on any atom is -0.264 e. The van der Waals surface area contributed by atoms with Crippen molar-refractivity contribution in [3.05, 3.63) is 35.7 Å². The lowest BCUT2D eigenvalue weighted by molar-refractivity contribution is -0.137. The summed E-state index contributed by atoms with van der Waals surface area (Å²) in [6.45, 7) is 0. The van der Waals surface area contributed by atoms with Crippen LogP contribution in [0.2, 0.25) is 0 Å². The predicted octanol–water partition coefficient (Wildman–Crippen LogP) is 4.28. The van der Waals surface area contributed by atoms with Crippen LogP contribution in [0.15, 0.2) is 24.5 Å². The first-order valence-electron chi connectivity index (χ1n) is 5.35. The Bertz CT molecular complexity index is 440. The molecule has 17 heavy (non-hydrogen) atoms. The maximum Gasteiger partial charge on any atom is 0.417 e. The SMILES string of the molecule is FC(F)(F)c1ccncc1C1=CC(Cl)CCC1. The van der Waals surface area contributed by atoms with Gasteiger partial charge >= 0.3 is 6.18 Å². The zero-order valence-corrected chi connectivity index (χ0v) is 9.72. The van der Waals surface area contributed by atoms with Gasteiger partial charge in [0.15, 0.2) is 0 Å². The molecule has 0 bridgehead atoms. The zero-order chi connectivity index (χ0) is 12.5. The number of halogens is 4. The van der Waals surface area contributed by atoms with Crippen molar-refractivity contribution in [1.29, 1.82) is 0 Å². The fourth-order valence-electron chi connectivity index (χ4n) is 1.99. The summed E-state index contributed by atoms with van der Waals surface area (Å²) in [7, 11) is 0. The molecule has 1 aliphatic carbocycles. The Morgan fingerprint density at radius 1 is 1.35 bits per heavy atom. The molecule has 0 aromatic carbocycles. The Morgan fingerprint density at radius 3 is 2.76 bits per heavy atom. The molecule has 0 aliphatic heterocycles. The number of nitrogens with zero attached hydrogens (tertiary/aromatic N) is 1. The highest BCUT2D eigenvalue weighted by Gasteiger charge is 2.34. The van der Waals surface area contributed by atoms with Crippen molar-refractivity contribution in [2.45, 2.75) is 30.8 Å². The van der Waals surface area contributed by atoms with Gasteiger partial charge in [-0.05, 0) is 30.9 Å². The van der Waals surface area contributed by atoms with Crippen LogP contribution in [-0.2, 0) is 6.18 Å². The quantitative estimate of drug-likeness (QED) is 0.688. The Hall–Kier alpha value is -1.03. The highest BCUT2D eigenvalue weighted by Crippen LogP contribution is 2.37. The molecule has 1 atom stereocenters. The van der Waals surface area contributed by atoms with Crippen LogP contribution in [0.1, 0.15) is 30.4 Å². The van der Waals surface area contributed by atoms with E-state index < -0.39 is 11.7 Å². The number of alkyl halides is 4. The van der Waals surface area contributed by atoms with E-state index in [1.54, 1.807) is 6.08 Å². The minimum atomic E-state index is -4.35. The number of hydrogen-bond donors (Lipinski definition) is 0. The molecular formula is C12H11ClF3N. The van der Waals surface area contributed by atoms with Crippen LogP contribution in [0.3, 0.4) is 0 Å². The summed E-state index contributed by atoms with van der Waals surface area (Å²) >= 11 is 5.95. The second-order valence-corrected chi connectivity index (χ2v) is 4.58. The van der Waals surface area contributed by atoms with Gasteiger partial charge in [0.2, 0.25) is 0 Å². The molecule has 0 radical (unpaired) electrons. The second-order valence-electron chi connectivity index (χ2n) is 4.02. The van der Waals surface area contributed by atoms with E-state index >= 15 is 0 Å². The first-order chi connectivity index (χ1) is 7.98. The largest absolute Gasteiger partial charge is 0.417 e. The summed E-state index contributed by atoms with van der Waals surface area (Å²) in [5, 5.41) is -0.181. The molecule has 0 spiro atoms. The summed E-state index contributed by atoms with van der Waals surface area (Å²) in [6.07, 6.45) is 2.03. The van der Waals surface area contributed by atoms with Crippen LogP contribution in [0, 0.1) is 0 Å². The van der Waals surface area contributed by atoms with E-state index in [1.165, 1.54) is 6.20 Å². The smallest absolute Gasteiger partial charge is 0.264 e. The highest BCUT2D eigenvalue weighted by atomic mass is 35.5. The van der Waals surface area contributed by atoms with Gasteiger partial charge in [-0.2, -0.15) is 13.2 Å².